The van der Waals surface area contributed by atoms with E-state index in [-0.39, 0.29) is 11.1 Å². The first kappa shape index (κ1) is 15.7. The molecule has 0 atom stereocenters. The van der Waals surface area contributed by atoms with Crippen molar-refractivity contribution in [2.45, 2.75) is 6.36 Å². The largest absolute Gasteiger partial charge is 0.573 e. The topological polar surface area (TPSA) is 46.5 Å². The molecule has 8 heteroatoms. The second-order valence-corrected chi connectivity index (χ2v) is 4.22. The van der Waals surface area contributed by atoms with Gasteiger partial charge in [0.1, 0.15) is 17.4 Å². The Morgan fingerprint density at radius 1 is 1.05 bits per heavy atom. The molecule has 22 heavy (non-hydrogen) atoms. The van der Waals surface area contributed by atoms with Gasteiger partial charge in [0, 0.05) is 5.56 Å². The van der Waals surface area contributed by atoms with Gasteiger partial charge in [-0.25, -0.2) is 13.6 Å². The standard InChI is InChI=1S/C14H7F5O3/c15-9-1-2-12(16)11(6-9)7-3-8(13(20)21)5-10(4-7)22-14(17,18)19/h1-6H,(H,20,21). The first-order chi connectivity index (χ1) is 10.2. The molecule has 3 nitrogen and oxygen atoms in total. The lowest BCUT2D eigenvalue weighted by Crippen LogP contribution is -2.17. The second-order valence-electron chi connectivity index (χ2n) is 4.22. The monoisotopic (exact) mass is 318 g/mol. The molecule has 0 radical (unpaired) electrons. The van der Waals surface area contributed by atoms with Crippen LogP contribution in [0.4, 0.5) is 22.0 Å². The third kappa shape index (κ3) is 3.72. The average molecular weight is 318 g/mol. The molecule has 0 aliphatic carbocycles. The van der Waals surface area contributed by atoms with Crippen molar-refractivity contribution in [3.05, 3.63) is 53.6 Å². The molecule has 0 bridgehead atoms. The molecule has 0 spiro atoms. The number of benzene rings is 2. The molecule has 116 valence electrons. The van der Waals surface area contributed by atoms with Crippen LogP contribution in [-0.4, -0.2) is 17.4 Å². The van der Waals surface area contributed by atoms with Crippen molar-refractivity contribution < 1.29 is 36.6 Å². The predicted molar refractivity (Wildman–Crippen MR) is 65.4 cm³/mol. The highest BCUT2D eigenvalue weighted by Gasteiger charge is 2.31. The summed E-state index contributed by atoms with van der Waals surface area (Å²) in [7, 11) is 0. The Morgan fingerprint density at radius 2 is 1.73 bits per heavy atom. The lowest BCUT2D eigenvalue weighted by atomic mass is 10.0. The smallest absolute Gasteiger partial charge is 0.478 e. The van der Waals surface area contributed by atoms with Crippen LogP contribution in [0, 0.1) is 11.6 Å². The van der Waals surface area contributed by atoms with Crippen LogP contribution < -0.4 is 4.74 Å². The normalized spacial score (nSPS) is 11.3. The van der Waals surface area contributed by atoms with E-state index in [1.54, 1.807) is 0 Å². The Kier molecular flexibility index (Phi) is 4.03. The summed E-state index contributed by atoms with van der Waals surface area (Å²) in [6.45, 7) is 0. The number of hydrogen-bond donors (Lipinski definition) is 1. The molecule has 0 unspecified atom stereocenters. The van der Waals surface area contributed by atoms with Gasteiger partial charge in [-0.3, -0.25) is 0 Å². The highest BCUT2D eigenvalue weighted by molar-refractivity contribution is 5.90. The fourth-order valence-electron chi connectivity index (χ4n) is 1.79. The van der Waals surface area contributed by atoms with Crippen LogP contribution in [0.25, 0.3) is 11.1 Å². The summed E-state index contributed by atoms with van der Waals surface area (Å²) in [6, 6.07) is 4.68. The van der Waals surface area contributed by atoms with Gasteiger partial charge in [0.05, 0.1) is 5.56 Å². The van der Waals surface area contributed by atoms with Crippen molar-refractivity contribution in [2.24, 2.45) is 0 Å². The van der Waals surface area contributed by atoms with Gasteiger partial charge in [-0.2, -0.15) is 0 Å². The average Bonchev–Trinajstić information content (AvgIpc) is 2.39. The highest BCUT2D eigenvalue weighted by atomic mass is 19.4. The molecule has 2 aromatic rings. The Balaban J connectivity index is 2.59. The minimum Gasteiger partial charge on any atom is -0.478 e. The van der Waals surface area contributed by atoms with E-state index in [4.69, 9.17) is 5.11 Å². The molecular weight excluding hydrogens is 311 g/mol. The Morgan fingerprint density at radius 3 is 2.32 bits per heavy atom. The molecule has 0 saturated heterocycles. The zero-order chi connectivity index (χ0) is 16.5. The summed E-state index contributed by atoms with van der Waals surface area (Å²) in [5, 5.41) is 8.90. The van der Waals surface area contributed by atoms with E-state index in [9.17, 15) is 26.7 Å². The van der Waals surface area contributed by atoms with Crippen molar-refractivity contribution in [3.8, 4) is 16.9 Å². The summed E-state index contributed by atoms with van der Waals surface area (Å²) in [4.78, 5) is 10.9. The molecule has 0 amide bonds. The number of rotatable bonds is 3. The molecule has 2 aromatic carbocycles. The second kappa shape index (κ2) is 5.63. The van der Waals surface area contributed by atoms with E-state index >= 15 is 0 Å². The first-order valence-corrected chi connectivity index (χ1v) is 5.75. The van der Waals surface area contributed by atoms with Gasteiger partial charge < -0.3 is 9.84 Å². The fourth-order valence-corrected chi connectivity index (χ4v) is 1.79. The third-order valence-corrected chi connectivity index (χ3v) is 2.63. The zero-order valence-electron chi connectivity index (χ0n) is 10.6. The number of hydrogen-bond acceptors (Lipinski definition) is 2. The third-order valence-electron chi connectivity index (χ3n) is 2.63. The van der Waals surface area contributed by atoms with Crippen LogP contribution in [0.3, 0.4) is 0 Å². The van der Waals surface area contributed by atoms with E-state index in [1.165, 1.54) is 0 Å². The van der Waals surface area contributed by atoms with Crippen LogP contribution in [0.15, 0.2) is 36.4 Å². The zero-order valence-corrected chi connectivity index (χ0v) is 10.6. The summed E-state index contributed by atoms with van der Waals surface area (Å²) < 4.78 is 67.2. The number of alkyl halides is 3. The summed E-state index contributed by atoms with van der Waals surface area (Å²) in [5.74, 6) is -4.12. The van der Waals surface area contributed by atoms with Crippen LogP contribution in [0.2, 0.25) is 0 Å². The van der Waals surface area contributed by atoms with Crippen molar-refractivity contribution in [1.82, 2.24) is 0 Å². The van der Waals surface area contributed by atoms with E-state index in [0.717, 1.165) is 30.3 Å². The summed E-state index contributed by atoms with van der Waals surface area (Å²) in [5.41, 5.74) is -1.19. The van der Waals surface area contributed by atoms with Crippen molar-refractivity contribution in [1.29, 1.82) is 0 Å². The van der Waals surface area contributed by atoms with Crippen molar-refractivity contribution in [2.75, 3.05) is 0 Å². The van der Waals surface area contributed by atoms with E-state index in [2.05, 4.69) is 4.74 Å². The van der Waals surface area contributed by atoms with Gasteiger partial charge in [-0.05, 0) is 42.0 Å². The number of carbonyl (C=O) groups is 1. The number of carboxylic acid groups (broad SMARTS) is 1. The number of carboxylic acids is 1. The maximum Gasteiger partial charge on any atom is 0.573 e. The Bertz CT molecular complexity index is 725. The molecule has 0 heterocycles. The van der Waals surface area contributed by atoms with Crippen molar-refractivity contribution >= 4 is 5.97 Å². The molecular formula is C14H7F5O3. The predicted octanol–water partition coefficient (Wildman–Crippen LogP) is 4.23. The minimum atomic E-state index is -5.05. The van der Waals surface area contributed by atoms with Crippen LogP contribution >= 0.6 is 0 Å². The molecule has 0 fully saturated rings. The Hall–Kier alpha value is -2.64. The van der Waals surface area contributed by atoms with Gasteiger partial charge in [0.15, 0.2) is 0 Å². The maximum absolute atomic E-state index is 13.7. The molecule has 0 saturated carbocycles. The molecule has 0 aromatic heterocycles. The van der Waals surface area contributed by atoms with Crippen LogP contribution in [-0.2, 0) is 0 Å². The van der Waals surface area contributed by atoms with Crippen LogP contribution in [0.5, 0.6) is 5.75 Å². The minimum absolute atomic E-state index is 0.254. The molecule has 0 aliphatic heterocycles. The maximum atomic E-state index is 13.7. The number of halogens is 5. The van der Waals surface area contributed by atoms with Gasteiger partial charge in [0.25, 0.3) is 0 Å². The fraction of sp³-hybridized carbons (Fsp3) is 0.0714. The summed E-state index contributed by atoms with van der Waals surface area (Å²) >= 11 is 0. The number of ether oxygens (including phenoxy) is 1. The van der Waals surface area contributed by atoms with Gasteiger partial charge in [0.2, 0.25) is 0 Å². The molecule has 2 rings (SSSR count). The first-order valence-electron chi connectivity index (χ1n) is 5.75. The van der Waals surface area contributed by atoms with Gasteiger partial charge in [-0.1, -0.05) is 0 Å². The van der Waals surface area contributed by atoms with Gasteiger partial charge in [-0.15, -0.1) is 13.2 Å². The molecule has 0 aliphatic rings. The van der Waals surface area contributed by atoms with Gasteiger partial charge >= 0.3 is 12.3 Å². The SMILES string of the molecule is O=C(O)c1cc(OC(F)(F)F)cc(-c2cc(F)ccc2F)c1. The lowest BCUT2D eigenvalue weighted by molar-refractivity contribution is -0.274. The summed E-state index contributed by atoms with van der Waals surface area (Å²) in [6.07, 6.45) is -5.05. The lowest BCUT2D eigenvalue weighted by Gasteiger charge is -2.12. The molecule has 1 N–H and O–H groups in total. The van der Waals surface area contributed by atoms with Crippen LogP contribution in [0.1, 0.15) is 10.4 Å². The quantitative estimate of drug-likeness (QED) is 0.862. The number of aromatic carboxylic acids is 1. The van der Waals surface area contributed by atoms with Crippen molar-refractivity contribution in [3.63, 3.8) is 0 Å². The highest BCUT2D eigenvalue weighted by Crippen LogP contribution is 2.31. The van der Waals surface area contributed by atoms with E-state index in [1.807, 2.05) is 0 Å². The van der Waals surface area contributed by atoms with E-state index < -0.39 is 35.3 Å². The Labute approximate surface area is 120 Å². The van der Waals surface area contributed by atoms with E-state index in [0.29, 0.717) is 6.07 Å².